The maximum Gasteiger partial charge on any atom is 0.255 e. The number of nitrogens with zero attached hydrogens (tertiary/aromatic N) is 4. The third-order valence-electron chi connectivity index (χ3n) is 6.05. The summed E-state index contributed by atoms with van der Waals surface area (Å²) in [6.45, 7) is 1.85. The van der Waals surface area contributed by atoms with Gasteiger partial charge in [0.15, 0.2) is 11.0 Å². The number of anilines is 2. The van der Waals surface area contributed by atoms with Gasteiger partial charge in [0.25, 0.3) is 5.91 Å². The number of amides is 2. The molecule has 5 rings (SSSR count). The Bertz CT molecular complexity index is 1680. The Kier molecular flexibility index (Phi) is 8.61. The number of hydrogen-bond acceptors (Lipinski definition) is 7. The van der Waals surface area contributed by atoms with Gasteiger partial charge in [-0.3, -0.25) is 19.1 Å². The summed E-state index contributed by atoms with van der Waals surface area (Å²) in [5, 5.41) is 15.6. The molecule has 2 N–H and O–H groups in total. The van der Waals surface area contributed by atoms with Crippen LogP contribution in [-0.2, 0) is 4.79 Å². The molecule has 5 aromatic rings. The van der Waals surface area contributed by atoms with Crippen molar-refractivity contribution in [2.75, 3.05) is 23.5 Å². The lowest BCUT2D eigenvalue weighted by atomic mass is 10.1. The number of ether oxygens (including phenoxy) is 1. The number of hydrogen-bond donors (Lipinski definition) is 2. The predicted molar refractivity (Wildman–Crippen MR) is 161 cm³/mol. The molecular formula is C30H25ClN6O3S. The highest BCUT2D eigenvalue weighted by atomic mass is 35.5. The summed E-state index contributed by atoms with van der Waals surface area (Å²) in [6.07, 6.45) is 1.68. The molecule has 11 heteroatoms. The highest BCUT2D eigenvalue weighted by molar-refractivity contribution is 7.99. The molecule has 0 saturated heterocycles. The maximum atomic E-state index is 13.0. The number of pyridine rings is 1. The van der Waals surface area contributed by atoms with Crippen molar-refractivity contribution in [3.8, 4) is 23.0 Å². The lowest BCUT2D eigenvalue weighted by Crippen LogP contribution is -2.16. The molecule has 0 saturated carbocycles. The second-order valence-corrected chi connectivity index (χ2v) is 10.2. The van der Waals surface area contributed by atoms with Crippen LogP contribution in [0.15, 0.2) is 96.3 Å². The van der Waals surface area contributed by atoms with Crippen LogP contribution in [0.3, 0.4) is 0 Å². The van der Waals surface area contributed by atoms with Gasteiger partial charge in [-0.25, -0.2) is 0 Å². The van der Waals surface area contributed by atoms with E-state index in [1.807, 2.05) is 47.9 Å². The summed E-state index contributed by atoms with van der Waals surface area (Å²) in [5.41, 5.74) is 3.81. The zero-order valence-corrected chi connectivity index (χ0v) is 23.7. The van der Waals surface area contributed by atoms with Gasteiger partial charge in [-0.15, -0.1) is 10.2 Å². The van der Waals surface area contributed by atoms with Gasteiger partial charge in [-0.2, -0.15) is 0 Å². The number of thioether (sulfide) groups is 1. The Morgan fingerprint density at radius 3 is 2.39 bits per heavy atom. The first kappa shape index (κ1) is 27.9. The number of nitrogens with one attached hydrogen (secondary N) is 2. The van der Waals surface area contributed by atoms with E-state index in [1.165, 1.54) is 18.9 Å². The summed E-state index contributed by atoms with van der Waals surface area (Å²) in [4.78, 5) is 30.1. The minimum atomic E-state index is -0.265. The van der Waals surface area contributed by atoms with E-state index in [1.54, 1.807) is 54.7 Å². The van der Waals surface area contributed by atoms with Crippen molar-refractivity contribution < 1.29 is 14.3 Å². The molecule has 0 aliphatic rings. The second kappa shape index (κ2) is 12.7. The number of carbonyl (C=O) groups is 2. The molecule has 0 aliphatic carbocycles. The molecule has 2 heterocycles. The minimum Gasteiger partial charge on any atom is -0.494 e. The highest BCUT2D eigenvalue weighted by Gasteiger charge is 2.19. The first-order chi connectivity index (χ1) is 19.9. The van der Waals surface area contributed by atoms with E-state index in [-0.39, 0.29) is 17.6 Å². The van der Waals surface area contributed by atoms with Crippen LogP contribution in [0.2, 0.25) is 5.02 Å². The van der Waals surface area contributed by atoms with Gasteiger partial charge in [0.1, 0.15) is 11.4 Å². The average molecular weight is 585 g/mol. The molecule has 0 radical (unpaired) electrons. The molecule has 0 fully saturated rings. The van der Waals surface area contributed by atoms with Crippen molar-refractivity contribution >= 4 is 46.6 Å². The van der Waals surface area contributed by atoms with Crippen molar-refractivity contribution in [2.45, 2.75) is 12.1 Å². The number of aromatic nitrogens is 4. The van der Waals surface area contributed by atoms with Crippen molar-refractivity contribution in [1.82, 2.24) is 19.7 Å². The van der Waals surface area contributed by atoms with Crippen LogP contribution in [-0.4, -0.2) is 44.4 Å². The lowest BCUT2D eigenvalue weighted by Gasteiger charge is -2.15. The third-order valence-corrected chi connectivity index (χ3v) is 7.23. The largest absolute Gasteiger partial charge is 0.494 e. The Hall–Kier alpha value is -4.67. The van der Waals surface area contributed by atoms with Crippen LogP contribution in [0.25, 0.3) is 17.2 Å². The molecule has 2 aromatic heterocycles. The number of aryl methyl sites for hydroxylation is 1. The van der Waals surface area contributed by atoms with E-state index in [9.17, 15) is 9.59 Å². The zero-order chi connectivity index (χ0) is 28.8. The summed E-state index contributed by atoms with van der Waals surface area (Å²) in [6, 6.07) is 25.2. The first-order valence-corrected chi connectivity index (χ1v) is 13.9. The molecule has 0 bridgehead atoms. The predicted octanol–water partition coefficient (Wildman–Crippen LogP) is 6.28. The number of carbonyl (C=O) groups excluding carboxylic acids is 2. The number of rotatable bonds is 9. The van der Waals surface area contributed by atoms with E-state index < -0.39 is 0 Å². The number of benzene rings is 3. The van der Waals surface area contributed by atoms with E-state index in [0.29, 0.717) is 44.4 Å². The summed E-state index contributed by atoms with van der Waals surface area (Å²) >= 11 is 7.34. The zero-order valence-electron chi connectivity index (χ0n) is 22.2. The van der Waals surface area contributed by atoms with Gasteiger partial charge in [-0.05, 0) is 67.1 Å². The fourth-order valence-corrected chi connectivity index (χ4v) is 4.91. The fraction of sp³-hybridized carbons (Fsp3) is 0.100. The third kappa shape index (κ3) is 6.56. The van der Waals surface area contributed by atoms with Crippen LogP contribution in [0.1, 0.15) is 15.9 Å². The van der Waals surface area contributed by atoms with E-state index in [0.717, 1.165) is 11.3 Å². The van der Waals surface area contributed by atoms with Crippen molar-refractivity contribution in [3.63, 3.8) is 0 Å². The van der Waals surface area contributed by atoms with Gasteiger partial charge in [-0.1, -0.05) is 47.6 Å². The SMILES string of the molecule is COc1cc(NC(=O)c2ccccc2)c(C)cc1NC(=O)CSc1nnc(-c2ccccn2)n1-c1ccc(Cl)cc1. The minimum absolute atomic E-state index is 0.0582. The number of halogens is 1. The summed E-state index contributed by atoms with van der Waals surface area (Å²) in [5.74, 6) is 0.515. The van der Waals surface area contributed by atoms with Crippen LogP contribution < -0.4 is 15.4 Å². The second-order valence-electron chi connectivity index (χ2n) is 8.86. The van der Waals surface area contributed by atoms with Crippen LogP contribution >= 0.6 is 23.4 Å². The molecule has 0 aliphatic heterocycles. The summed E-state index contributed by atoms with van der Waals surface area (Å²) in [7, 11) is 1.51. The molecule has 0 spiro atoms. The molecular weight excluding hydrogens is 560 g/mol. The van der Waals surface area contributed by atoms with E-state index in [4.69, 9.17) is 16.3 Å². The van der Waals surface area contributed by atoms with Crippen LogP contribution in [0.4, 0.5) is 11.4 Å². The Morgan fingerprint density at radius 2 is 1.68 bits per heavy atom. The van der Waals surface area contributed by atoms with E-state index >= 15 is 0 Å². The summed E-state index contributed by atoms with van der Waals surface area (Å²) < 4.78 is 7.35. The van der Waals surface area contributed by atoms with Gasteiger partial charge in [0.05, 0.1) is 18.6 Å². The van der Waals surface area contributed by atoms with Crippen molar-refractivity contribution in [2.24, 2.45) is 0 Å². The van der Waals surface area contributed by atoms with Gasteiger partial charge >= 0.3 is 0 Å². The van der Waals surface area contributed by atoms with Gasteiger partial charge in [0, 0.05) is 34.2 Å². The topological polar surface area (TPSA) is 111 Å². The monoisotopic (exact) mass is 584 g/mol. The molecule has 206 valence electrons. The Labute approximate surface area is 245 Å². The molecule has 9 nitrogen and oxygen atoms in total. The molecule has 2 amide bonds. The maximum absolute atomic E-state index is 13.0. The van der Waals surface area contributed by atoms with Crippen molar-refractivity contribution in [3.05, 3.63) is 107 Å². The van der Waals surface area contributed by atoms with Crippen molar-refractivity contribution in [1.29, 1.82) is 0 Å². The smallest absolute Gasteiger partial charge is 0.255 e. The normalized spacial score (nSPS) is 10.7. The number of methoxy groups -OCH3 is 1. The molecule has 41 heavy (non-hydrogen) atoms. The quantitative estimate of drug-likeness (QED) is 0.196. The molecule has 0 atom stereocenters. The lowest BCUT2D eigenvalue weighted by molar-refractivity contribution is -0.113. The van der Waals surface area contributed by atoms with Crippen LogP contribution in [0.5, 0.6) is 5.75 Å². The molecule has 0 unspecified atom stereocenters. The Morgan fingerprint density at radius 1 is 0.927 bits per heavy atom. The van der Waals surface area contributed by atoms with Gasteiger partial charge in [0.2, 0.25) is 5.91 Å². The standard InChI is InChI=1S/C30H25ClN6O3S/c1-19-16-25(26(40-2)17-24(19)34-29(39)20-8-4-3-5-9-20)33-27(38)18-41-30-36-35-28(23-10-6-7-15-32-23)37(30)22-13-11-21(31)12-14-22/h3-17H,18H2,1-2H3,(H,33,38)(H,34,39). The van der Waals surface area contributed by atoms with Gasteiger partial charge < -0.3 is 15.4 Å². The average Bonchev–Trinajstić information content (AvgIpc) is 3.42. The van der Waals surface area contributed by atoms with E-state index in [2.05, 4.69) is 25.8 Å². The Balaban J connectivity index is 1.32. The highest BCUT2D eigenvalue weighted by Crippen LogP contribution is 2.32. The first-order valence-electron chi connectivity index (χ1n) is 12.5. The molecule has 3 aromatic carbocycles. The fourth-order valence-electron chi connectivity index (χ4n) is 4.04. The van der Waals surface area contributed by atoms with Crippen LogP contribution in [0, 0.1) is 6.92 Å².